The Bertz CT molecular complexity index is 470. The number of aromatic hydroxyl groups is 1. The fraction of sp³-hybridized carbons (Fsp3) is 0.273. The number of carboxylic acids is 1. The average Bonchev–Trinajstić information content (AvgIpc) is 2.29. The van der Waals surface area contributed by atoms with Crippen LogP contribution < -0.4 is 10.4 Å². The summed E-state index contributed by atoms with van der Waals surface area (Å²) in [6.45, 7) is 0. The number of carbonyl (C=O) groups is 2. The number of rotatable bonds is 4. The molecule has 2 N–H and O–H groups in total. The highest BCUT2D eigenvalue weighted by Crippen LogP contribution is 2.16. The first-order valence-electron chi connectivity index (χ1n) is 5.06. The van der Waals surface area contributed by atoms with Crippen LogP contribution >= 0.6 is 0 Å². The first-order valence-corrected chi connectivity index (χ1v) is 5.06. The van der Waals surface area contributed by atoms with Gasteiger partial charge in [-0.2, -0.15) is 13.2 Å². The summed E-state index contributed by atoms with van der Waals surface area (Å²) in [6.07, 6.45) is -5.55. The van der Waals surface area contributed by atoms with Crippen LogP contribution in [0, 0.1) is 0 Å². The SMILES string of the molecule is O=C([O-])[C@H](Cc1ccc(O)cc1)NC(=O)C(F)(F)F. The van der Waals surface area contributed by atoms with Crippen LogP contribution in [0.1, 0.15) is 5.56 Å². The summed E-state index contributed by atoms with van der Waals surface area (Å²) < 4.78 is 36.0. The largest absolute Gasteiger partial charge is 0.548 e. The second-order valence-electron chi connectivity index (χ2n) is 3.71. The molecule has 104 valence electrons. The summed E-state index contributed by atoms with van der Waals surface area (Å²) in [6, 6.07) is 3.33. The van der Waals surface area contributed by atoms with Gasteiger partial charge in [-0.15, -0.1) is 0 Å². The number of phenolic OH excluding ortho intramolecular Hbond substituents is 1. The van der Waals surface area contributed by atoms with Gasteiger partial charge in [-0.25, -0.2) is 0 Å². The molecule has 8 heteroatoms. The third-order valence-corrected chi connectivity index (χ3v) is 2.22. The van der Waals surface area contributed by atoms with E-state index in [0.717, 1.165) is 0 Å². The van der Waals surface area contributed by atoms with E-state index in [1.165, 1.54) is 29.6 Å². The number of hydrogen-bond acceptors (Lipinski definition) is 4. The third kappa shape index (κ3) is 4.49. The summed E-state index contributed by atoms with van der Waals surface area (Å²) in [5.41, 5.74) is 0.328. The number of halogens is 3. The maximum atomic E-state index is 12.0. The van der Waals surface area contributed by atoms with Gasteiger partial charge < -0.3 is 20.3 Å². The Hall–Kier alpha value is -2.25. The molecule has 0 aliphatic rings. The summed E-state index contributed by atoms with van der Waals surface area (Å²) in [7, 11) is 0. The van der Waals surface area contributed by atoms with Crippen molar-refractivity contribution in [1.29, 1.82) is 0 Å². The lowest BCUT2D eigenvalue weighted by atomic mass is 10.1. The fourth-order valence-electron chi connectivity index (χ4n) is 1.30. The Labute approximate surface area is 105 Å². The van der Waals surface area contributed by atoms with Crippen molar-refractivity contribution in [2.24, 2.45) is 0 Å². The number of phenols is 1. The molecule has 0 saturated heterocycles. The minimum absolute atomic E-state index is 0.0759. The molecule has 1 rings (SSSR count). The van der Waals surface area contributed by atoms with Crippen LogP contribution in [0.3, 0.4) is 0 Å². The van der Waals surface area contributed by atoms with E-state index in [4.69, 9.17) is 5.11 Å². The highest BCUT2D eigenvalue weighted by molar-refractivity contribution is 5.86. The second-order valence-corrected chi connectivity index (χ2v) is 3.71. The van der Waals surface area contributed by atoms with Gasteiger partial charge in [-0.1, -0.05) is 12.1 Å². The minimum atomic E-state index is -5.16. The predicted molar refractivity (Wildman–Crippen MR) is 54.8 cm³/mol. The van der Waals surface area contributed by atoms with E-state index in [9.17, 15) is 27.9 Å². The maximum absolute atomic E-state index is 12.0. The molecule has 0 aliphatic heterocycles. The van der Waals surface area contributed by atoms with Gasteiger partial charge in [-0.3, -0.25) is 4.79 Å². The fourth-order valence-corrected chi connectivity index (χ4v) is 1.30. The van der Waals surface area contributed by atoms with Crippen molar-refractivity contribution < 1.29 is 33.0 Å². The van der Waals surface area contributed by atoms with Crippen LogP contribution in [0.4, 0.5) is 13.2 Å². The molecule has 5 nitrogen and oxygen atoms in total. The average molecular weight is 276 g/mol. The lowest BCUT2D eigenvalue weighted by molar-refractivity contribution is -0.308. The molecule has 0 aromatic heterocycles. The number of nitrogens with one attached hydrogen (secondary N) is 1. The topological polar surface area (TPSA) is 89.5 Å². The van der Waals surface area contributed by atoms with Gasteiger partial charge in [0.05, 0.1) is 12.0 Å². The molecule has 0 spiro atoms. The lowest BCUT2D eigenvalue weighted by Gasteiger charge is -2.20. The number of carboxylic acid groups (broad SMARTS) is 1. The molecule has 0 unspecified atom stereocenters. The molecule has 1 amide bonds. The first-order chi connectivity index (χ1) is 8.70. The molecule has 0 heterocycles. The molecule has 1 atom stereocenters. The molecule has 0 aliphatic carbocycles. The predicted octanol–water partition coefficient (Wildman–Crippen LogP) is -0.268. The Morgan fingerprint density at radius 1 is 1.26 bits per heavy atom. The number of alkyl halides is 3. The molecular weight excluding hydrogens is 267 g/mol. The summed E-state index contributed by atoms with van der Waals surface area (Å²) in [5, 5.41) is 21.0. The zero-order chi connectivity index (χ0) is 14.6. The van der Waals surface area contributed by atoms with Gasteiger partial charge in [0.15, 0.2) is 0 Å². The third-order valence-electron chi connectivity index (χ3n) is 2.22. The summed E-state index contributed by atoms with van der Waals surface area (Å²) >= 11 is 0. The smallest absolute Gasteiger partial charge is 0.471 e. The number of benzene rings is 1. The van der Waals surface area contributed by atoms with Crippen molar-refractivity contribution in [2.75, 3.05) is 0 Å². The van der Waals surface area contributed by atoms with E-state index in [0.29, 0.717) is 5.56 Å². The van der Waals surface area contributed by atoms with Gasteiger partial charge >= 0.3 is 12.1 Å². The number of hydrogen-bond donors (Lipinski definition) is 2. The van der Waals surface area contributed by atoms with Crippen molar-refractivity contribution in [3.8, 4) is 5.75 Å². The van der Waals surface area contributed by atoms with E-state index in [1.807, 2.05) is 0 Å². The second kappa shape index (κ2) is 5.59. The standard InChI is InChI=1S/C11H10F3NO4/c12-11(13,14)10(19)15-8(9(17)18)5-6-1-3-7(16)4-2-6/h1-4,8,16H,5H2,(H,15,19)(H,17,18)/p-1/t8-/m0/s1. The molecule has 0 saturated carbocycles. The van der Waals surface area contributed by atoms with Crippen LogP contribution in [0.2, 0.25) is 0 Å². The van der Waals surface area contributed by atoms with Crippen LogP contribution in [-0.4, -0.2) is 29.2 Å². The number of aliphatic carboxylic acids is 1. The van der Waals surface area contributed by atoms with E-state index >= 15 is 0 Å². The number of carbonyl (C=O) groups excluding carboxylic acids is 2. The maximum Gasteiger partial charge on any atom is 0.471 e. The molecule has 1 aromatic rings. The normalized spacial score (nSPS) is 12.8. The molecule has 0 radical (unpaired) electrons. The quantitative estimate of drug-likeness (QED) is 0.792. The van der Waals surface area contributed by atoms with Gasteiger partial charge in [0.2, 0.25) is 0 Å². The van der Waals surface area contributed by atoms with E-state index < -0.39 is 24.1 Å². The Kier molecular flexibility index (Phi) is 4.36. The van der Waals surface area contributed by atoms with Crippen molar-refractivity contribution >= 4 is 11.9 Å². The Morgan fingerprint density at radius 3 is 2.21 bits per heavy atom. The zero-order valence-electron chi connectivity index (χ0n) is 9.40. The number of amides is 1. The Balaban J connectivity index is 2.77. The van der Waals surface area contributed by atoms with Gasteiger partial charge in [0.25, 0.3) is 0 Å². The first kappa shape index (κ1) is 14.8. The van der Waals surface area contributed by atoms with E-state index in [1.54, 1.807) is 0 Å². The molecule has 0 fully saturated rings. The molecular formula is C11H9F3NO4-. The molecule has 19 heavy (non-hydrogen) atoms. The van der Waals surface area contributed by atoms with Crippen LogP contribution in [0.15, 0.2) is 24.3 Å². The summed E-state index contributed by atoms with van der Waals surface area (Å²) in [4.78, 5) is 21.3. The van der Waals surface area contributed by atoms with Gasteiger partial charge in [0.1, 0.15) is 5.75 Å². The Morgan fingerprint density at radius 2 is 1.79 bits per heavy atom. The van der Waals surface area contributed by atoms with Crippen molar-refractivity contribution in [2.45, 2.75) is 18.6 Å². The highest BCUT2D eigenvalue weighted by Gasteiger charge is 2.39. The van der Waals surface area contributed by atoms with Gasteiger partial charge in [0, 0.05) is 0 Å². The minimum Gasteiger partial charge on any atom is -0.548 e. The van der Waals surface area contributed by atoms with Crippen molar-refractivity contribution in [3.63, 3.8) is 0 Å². The van der Waals surface area contributed by atoms with E-state index in [2.05, 4.69) is 0 Å². The van der Waals surface area contributed by atoms with Crippen LogP contribution in [0.5, 0.6) is 5.75 Å². The van der Waals surface area contributed by atoms with Crippen molar-refractivity contribution in [3.05, 3.63) is 29.8 Å². The molecule has 0 bridgehead atoms. The van der Waals surface area contributed by atoms with Crippen LogP contribution in [-0.2, 0) is 16.0 Å². The molecule has 1 aromatic carbocycles. The monoisotopic (exact) mass is 276 g/mol. The van der Waals surface area contributed by atoms with Crippen molar-refractivity contribution in [1.82, 2.24) is 5.32 Å². The lowest BCUT2D eigenvalue weighted by Crippen LogP contribution is -2.52. The summed E-state index contributed by atoms with van der Waals surface area (Å²) in [5.74, 6) is -4.25. The zero-order valence-corrected chi connectivity index (χ0v) is 9.40. The highest BCUT2D eigenvalue weighted by atomic mass is 19.4. The van der Waals surface area contributed by atoms with Crippen LogP contribution in [0.25, 0.3) is 0 Å². The van der Waals surface area contributed by atoms with Gasteiger partial charge in [-0.05, 0) is 24.1 Å². The van der Waals surface area contributed by atoms with E-state index in [-0.39, 0.29) is 12.2 Å².